The van der Waals surface area contributed by atoms with E-state index in [0.717, 1.165) is 24.4 Å². The minimum absolute atomic E-state index is 0.459. The highest BCUT2D eigenvalue weighted by molar-refractivity contribution is 7.13. The van der Waals surface area contributed by atoms with Gasteiger partial charge in [0.1, 0.15) is 0 Å². The van der Waals surface area contributed by atoms with Crippen LogP contribution in [0.25, 0.3) is 0 Å². The van der Waals surface area contributed by atoms with Crippen LogP contribution in [0.2, 0.25) is 0 Å². The van der Waals surface area contributed by atoms with Crippen molar-refractivity contribution in [3.63, 3.8) is 0 Å². The average Bonchev–Trinajstić information content (AvgIpc) is 2.85. The third-order valence-corrected chi connectivity index (χ3v) is 3.82. The van der Waals surface area contributed by atoms with Gasteiger partial charge >= 0.3 is 0 Å². The first-order valence-corrected chi connectivity index (χ1v) is 7.40. The minimum Gasteiger partial charge on any atom is -0.359 e. The van der Waals surface area contributed by atoms with Crippen molar-refractivity contribution in [1.82, 2.24) is 4.98 Å². The Labute approximate surface area is 113 Å². The molecular weight excluding hydrogens is 240 g/mol. The quantitative estimate of drug-likeness (QED) is 0.844. The van der Waals surface area contributed by atoms with Gasteiger partial charge in [0.2, 0.25) is 0 Å². The summed E-state index contributed by atoms with van der Waals surface area (Å²) < 4.78 is 0. The molecule has 2 nitrogen and oxygen atoms in total. The second-order valence-corrected chi connectivity index (χ2v) is 5.43. The summed E-state index contributed by atoms with van der Waals surface area (Å²) in [4.78, 5) is 4.53. The van der Waals surface area contributed by atoms with Gasteiger partial charge in [-0.1, -0.05) is 37.3 Å². The van der Waals surface area contributed by atoms with E-state index in [9.17, 15) is 0 Å². The van der Waals surface area contributed by atoms with Crippen LogP contribution in [0.5, 0.6) is 0 Å². The fraction of sp³-hybridized carbons (Fsp3) is 0.400. The first-order valence-electron chi connectivity index (χ1n) is 6.52. The summed E-state index contributed by atoms with van der Waals surface area (Å²) in [6.07, 6.45) is 3.25. The molecule has 0 amide bonds. The maximum Gasteiger partial charge on any atom is 0.183 e. The lowest BCUT2D eigenvalue weighted by atomic mass is 10.1. The first kappa shape index (κ1) is 13.1. The predicted octanol–water partition coefficient (Wildman–Crippen LogP) is 4.14. The number of thiazole rings is 1. The first-order chi connectivity index (χ1) is 8.78. The highest BCUT2D eigenvalue weighted by atomic mass is 32.1. The summed E-state index contributed by atoms with van der Waals surface area (Å²) in [5, 5.41) is 6.65. The van der Waals surface area contributed by atoms with Gasteiger partial charge in [-0.2, -0.15) is 0 Å². The van der Waals surface area contributed by atoms with Crippen LogP contribution in [0.1, 0.15) is 31.5 Å². The molecule has 3 heteroatoms. The van der Waals surface area contributed by atoms with Crippen LogP contribution < -0.4 is 5.32 Å². The summed E-state index contributed by atoms with van der Waals surface area (Å²) in [6, 6.07) is 11.1. The van der Waals surface area contributed by atoms with Gasteiger partial charge in [0.15, 0.2) is 5.13 Å². The van der Waals surface area contributed by atoms with Crippen LogP contribution in [0, 0.1) is 0 Å². The van der Waals surface area contributed by atoms with Crippen molar-refractivity contribution in [2.75, 3.05) is 5.32 Å². The molecule has 0 bridgehead atoms. The lowest BCUT2D eigenvalue weighted by Gasteiger charge is -2.12. The molecule has 1 N–H and O–H groups in total. The zero-order valence-electron chi connectivity index (χ0n) is 11.0. The van der Waals surface area contributed by atoms with Gasteiger partial charge in [-0.05, 0) is 31.7 Å². The van der Waals surface area contributed by atoms with E-state index in [2.05, 4.69) is 59.9 Å². The third-order valence-electron chi connectivity index (χ3n) is 2.99. The van der Waals surface area contributed by atoms with Crippen molar-refractivity contribution in [2.24, 2.45) is 0 Å². The van der Waals surface area contributed by atoms with E-state index in [1.54, 1.807) is 11.3 Å². The number of rotatable bonds is 6. The van der Waals surface area contributed by atoms with Crippen molar-refractivity contribution in [3.05, 3.63) is 47.0 Å². The summed E-state index contributed by atoms with van der Waals surface area (Å²) in [7, 11) is 0. The molecule has 2 rings (SSSR count). The predicted molar refractivity (Wildman–Crippen MR) is 79.3 cm³/mol. The van der Waals surface area contributed by atoms with E-state index in [1.165, 1.54) is 11.3 Å². The van der Waals surface area contributed by atoms with Gasteiger partial charge in [-0.15, -0.1) is 11.3 Å². The van der Waals surface area contributed by atoms with Crippen molar-refractivity contribution in [1.29, 1.82) is 0 Å². The number of nitrogens with zero attached hydrogens (tertiary/aromatic N) is 1. The number of aryl methyl sites for hydroxylation is 2. The van der Waals surface area contributed by atoms with Crippen LogP contribution in [-0.4, -0.2) is 11.0 Å². The van der Waals surface area contributed by atoms with Crippen LogP contribution in [0.3, 0.4) is 0 Å². The summed E-state index contributed by atoms with van der Waals surface area (Å²) >= 11 is 1.70. The summed E-state index contributed by atoms with van der Waals surface area (Å²) in [5.41, 5.74) is 2.58. The van der Waals surface area contributed by atoms with Gasteiger partial charge in [0.05, 0.1) is 5.69 Å². The minimum atomic E-state index is 0.459. The van der Waals surface area contributed by atoms with Crippen molar-refractivity contribution >= 4 is 16.5 Å². The Morgan fingerprint density at radius 2 is 2.06 bits per heavy atom. The van der Waals surface area contributed by atoms with E-state index in [-0.39, 0.29) is 0 Å². The molecule has 1 aromatic carbocycles. The molecular formula is C15H20N2S. The number of aromatic nitrogens is 1. The highest BCUT2D eigenvalue weighted by Gasteiger charge is 2.05. The molecule has 18 heavy (non-hydrogen) atoms. The molecule has 0 saturated heterocycles. The molecule has 0 radical (unpaired) electrons. The fourth-order valence-corrected chi connectivity index (χ4v) is 2.75. The number of hydrogen-bond acceptors (Lipinski definition) is 3. The van der Waals surface area contributed by atoms with E-state index in [4.69, 9.17) is 0 Å². The van der Waals surface area contributed by atoms with E-state index < -0.39 is 0 Å². The maximum atomic E-state index is 4.53. The Balaban J connectivity index is 1.80. The lowest BCUT2D eigenvalue weighted by Crippen LogP contribution is -2.15. The Bertz CT molecular complexity index is 464. The molecule has 0 saturated carbocycles. The Morgan fingerprint density at radius 3 is 2.72 bits per heavy atom. The molecule has 2 aromatic rings. The topological polar surface area (TPSA) is 24.9 Å². The number of benzene rings is 1. The molecule has 96 valence electrons. The molecule has 0 aliphatic rings. The SMILES string of the molecule is CCc1csc(NC(C)CCc2ccccc2)n1. The van der Waals surface area contributed by atoms with Crippen molar-refractivity contribution in [3.8, 4) is 0 Å². The van der Waals surface area contributed by atoms with E-state index >= 15 is 0 Å². The number of hydrogen-bond donors (Lipinski definition) is 1. The molecule has 0 aliphatic heterocycles. The zero-order valence-corrected chi connectivity index (χ0v) is 11.8. The Morgan fingerprint density at radius 1 is 1.28 bits per heavy atom. The van der Waals surface area contributed by atoms with Gasteiger partial charge in [0, 0.05) is 11.4 Å². The smallest absolute Gasteiger partial charge is 0.183 e. The monoisotopic (exact) mass is 260 g/mol. The van der Waals surface area contributed by atoms with Crippen LogP contribution in [0.4, 0.5) is 5.13 Å². The summed E-state index contributed by atoms with van der Waals surface area (Å²) in [6.45, 7) is 4.35. The Hall–Kier alpha value is -1.35. The van der Waals surface area contributed by atoms with Crippen LogP contribution in [0.15, 0.2) is 35.7 Å². The molecule has 1 aromatic heterocycles. The van der Waals surface area contributed by atoms with E-state index in [1.807, 2.05) is 0 Å². The van der Waals surface area contributed by atoms with Gasteiger partial charge in [0.25, 0.3) is 0 Å². The zero-order chi connectivity index (χ0) is 12.8. The maximum absolute atomic E-state index is 4.53. The molecule has 0 aliphatic carbocycles. The molecule has 0 spiro atoms. The molecule has 1 heterocycles. The van der Waals surface area contributed by atoms with Crippen LogP contribution >= 0.6 is 11.3 Å². The number of nitrogens with one attached hydrogen (secondary N) is 1. The van der Waals surface area contributed by atoms with Gasteiger partial charge in [-0.25, -0.2) is 4.98 Å². The average molecular weight is 260 g/mol. The van der Waals surface area contributed by atoms with Gasteiger partial charge < -0.3 is 5.32 Å². The van der Waals surface area contributed by atoms with Crippen molar-refractivity contribution < 1.29 is 0 Å². The molecule has 1 atom stereocenters. The normalized spacial score (nSPS) is 12.3. The third kappa shape index (κ3) is 3.84. The largest absolute Gasteiger partial charge is 0.359 e. The second kappa shape index (κ2) is 6.55. The highest BCUT2D eigenvalue weighted by Crippen LogP contribution is 2.17. The fourth-order valence-electron chi connectivity index (χ4n) is 1.85. The standard InChI is InChI=1S/C15H20N2S/c1-3-14-11-18-15(17-14)16-12(2)9-10-13-7-5-4-6-8-13/h4-8,11-12H,3,9-10H2,1-2H3,(H,16,17). The van der Waals surface area contributed by atoms with E-state index in [0.29, 0.717) is 6.04 Å². The molecule has 1 unspecified atom stereocenters. The number of anilines is 1. The van der Waals surface area contributed by atoms with Crippen LogP contribution in [-0.2, 0) is 12.8 Å². The Kier molecular flexibility index (Phi) is 4.76. The second-order valence-electron chi connectivity index (χ2n) is 4.57. The van der Waals surface area contributed by atoms with Crippen molar-refractivity contribution in [2.45, 2.75) is 39.2 Å². The molecule has 0 fully saturated rings. The van der Waals surface area contributed by atoms with Gasteiger partial charge in [-0.3, -0.25) is 0 Å². The lowest BCUT2D eigenvalue weighted by molar-refractivity contribution is 0.705. The summed E-state index contributed by atoms with van der Waals surface area (Å²) in [5.74, 6) is 0.